The molecule has 0 aliphatic rings. The van der Waals surface area contributed by atoms with E-state index in [4.69, 9.17) is 4.74 Å². The van der Waals surface area contributed by atoms with Gasteiger partial charge in [0.2, 0.25) is 0 Å². The highest BCUT2D eigenvalue weighted by molar-refractivity contribution is 9.10. The van der Waals surface area contributed by atoms with Gasteiger partial charge >= 0.3 is 0 Å². The number of hydrogen-bond acceptors (Lipinski definition) is 2. The number of pyridine rings is 1. The summed E-state index contributed by atoms with van der Waals surface area (Å²) in [6.07, 6.45) is 3.23. The van der Waals surface area contributed by atoms with Crippen molar-refractivity contribution in [2.75, 3.05) is 0 Å². The van der Waals surface area contributed by atoms with E-state index in [1.807, 2.05) is 0 Å². The van der Waals surface area contributed by atoms with Gasteiger partial charge in [0.05, 0.1) is 4.47 Å². The summed E-state index contributed by atoms with van der Waals surface area (Å²) >= 11 is 3.28. The molecule has 0 saturated carbocycles. The fraction of sp³-hybridized carbons (Fsp3) is 0. The number of nitrogens with zero attached hydrogens (tertiary/aromatic N) is 1. The molecule has 1 heterocycles. The third-order valence-corrected chi connectivity index (χ3v) is 2.43. The maximum absolute atomic E-state index is 12.9. The van der Waals surface area contributed by atoms with Crippen LogP contribution < -0.4 is 4.74 Å². The van der Waals surface area contributed by atoms with E-state index in [9.17, 15) is 4.39 Å². The summed E-state index contributed by atoms with van der Waals surface area (Å²) in [6.45, 7) is 0. The lowest BCUT2D eigenvalue weighted by atomic mass is 10.3. The first kappa shape index (κ1) is 10.1. The van der Waals surface area contributed by atoms with Crippen LogP contribution in [0.5, 0.6) is 11.5 Å². The lowest BCUT2D eigenvalue weighted by molar-refractivity contribution is 0.473. The fourth-order valence-corrected chi connectivity index (χ4v) is 1.42. The molecular weight excluding hydrogens is 261 g/mol. The molecule has 0 fully saturated rings. The van der Waals surface area contributed by atoms with Crippen LogP contribution in [0.3, 0.4) is 0 Å². The zero-order chi connectivity index (χ0) is 10.7. The van der Waals surface area contributed by atoms with Crippen LogP contribution in [0, 0.1) is 5.82 Å². The maximum atomic E-state index is 12.9. The van der Waals surface area contributed by atoms with Crippen molar-refractivity contribution in [1.82, 2.24) is 4.98 Å². The van der Waals surface area contributed by atoms with Gasteiger partial charge in [-0.05, 0) is 40.2 Å². The molecule has 0 radical (unpaired) electrons. The van der Waals surface area contributed by atoms with Gasteiger partial charge in [0.25, 0.3) is 0 Å². The van der Waals surface area contributed by atoms with Gasteiger partial charge in [0.1, 0.15) is 17.3 Å². The largest absolute Gasteiger partial charge is 0.456 e. The van der Waals surface area contributed by atoms with Crippen LogP contribution in [-0.4, -0.2) is 4.98 Å². The van der Waals surface area contributed by atoms with Gasteiger partial charge < -0.3 is 4.74 Å². The number of hydrogen-bond donors (Lipinski definition) is 0. The predicted molar refractivity (Wildman–Crippen MR) is 58.4 cm³/mol. The first-order valence-corrected chi connectivity index (χ1v) is 5.08. The van der Waals surface area contributed by atoms with Gasteiger partial charge in [-0.25, -0.2) is 4.39 Å². The van der Waals surface area contributed by atoms with Crippen molar-refractivity contribution in [1.29, 1.82) is 0 Å². The van der Waals surface area contributed by atoms with Crippen molar-refractivity contribution in [2.45, 2.75) is 0 Å². The minimum Gasteiger partial charge on any atom is -0.456 e. The molecular formula is C11H7BrFNO. The highest BCUT2D eigenvalue weighted by atomic mass is 79.9. The second kappa shape index (κ2) is 4.40. The molecule has 0 bridgehead atoms. The molecule has 0 amide bonds. The number of ether oxygens (including phenoxy) is 1. The number of rotatable bonds is 2. The summed E-state index contributed by atoms with van der Waals surface area (Å²) in [4.78, 5) is 3.86. The maximum Gasteiger partial charge on any atom is 0.144 e. The molecule has 4 heteroatoms. The highest BCUT2D eigenvalue weighted by Gasteiger charge is 2.03. The van der Waals surface area contributed by atoms with Crippen LogP contribution in [0.4, 0.5) is 4.39 Å². The lowest BCUT2D eigenvalue weighted by Crippen LogP contribution is -1.86. The van der Waals surface area contributed by atoms with Crippen LogP contribution in [0.1, 0.15) is 0 Å². The van der Waals surface area contributed by atoms with Gasteiger partial charge in [0.15, 0.2) is 0 Å². The second-order valence-corrected chi connectivity index (χ2v) is 3.71. The summed E-state index contributed by atoms with van der Waals surface area (Å²) in [7, 11) is 0. The van der Waals surface area contributed by atoms with Gasteiger partial charge in [-0.2, -0.15) is 0 Å². The molecule has 0 unspecified atom stereocenters. The Morgan fingerprint density at radius 3 is 2.60 bits per heavy atom. The van der Waals surface area contributed by atoms with E-state index in [-0.39, 0.29) is 5.82 Å². The van der Waals surface area contributed by atoms with Crippen molar-refractivity contribution in [2.24, 2.45) is 0 Å². The van der Waals surface area contributed by atoms with Crippen LogP contribution >= 0.6 is 15.9 Å². The molecule has 0 spiro atoms. The van der Waals surface area contributed by atoms with Crippen molar-refractivity contribution >= 4 is 15.9 Å². The van der Waals surface area contributed by atoms with E-state index in [1.165, 1.54) is 12.1 Å². The Bertz CT molecular complexity index is 461. The molecule has 76 valence electrons. The van der Waals surface area contributed by atoms with Crippen molar-refractivity contribution < 1.29 is 9.13 Å². The zero-order valence-electron chi connectivity index (χ0n) is 7.65. The van der Waals surface area contributed by atoms with Crippen molar-refractivity contribution in [3.05, 3.63) is 53.0 Å². The number of halogens is 2. The van der Waals surface area contributed by atoms with E-state index < -0.39 is 0 Å². The molecule has 0 N–H and O–H groups in total. The summed E-state index contributed by atoms with van der Waals surface area (Å²) in [6, 6.07) is 7.70. The smallest absolute Gasteiger partial charge is 0.144 e. The molecule has 2 aromatic rings. The molecule has 0 aliphatic carbocycles. The quantitative estimate of drug-likeness (QED) is 0.826. The molecule has 15 heavy (non-hydrogen) atoms. The van der Waals surface area contributed by atoms with E-state index >= 15 is 0 Å². The van der Waals surface area contributed by atoms with Crippen LogP contribution in [0.25, 0.3) is 0 Å². The Hall–Kier alpha value is -1.42. The van der Waals surface area contributed by atoms with Gasteiger partial charge in [-0.1, -0.05) is 0 Å². The Kier molecular flexibility index (Phi) is 2.97. The van der Waals surface area contributed by atoms with Crippen LogP contribution in [0.15, 0.2) is 47.2 Å². The molecule has 1 aromatic heterocycles. The van der Waals surface area contributed by atoms with E-state index in [1.54, 1.807) is 30.6 Å². The van der Waals surface area contributed by atoms with E-state index in [0.29, 0.717) is 16.0 Å². The first-order valence-electron chi connectivity index (χ1n) is 4.28. The molecule has 2 rings (SSSR count). The summed E-state index contributed by atoms with van der Waals surface area (Å²) in [5.74, 6) is 0.736. The van der Waals surface area contributed by atoms with Gasteiger partial charge in [-0.15, -0.1) is 0 Å². The standard InChI is InChI=1S/C11H7BrFNO/c12-10-2-1-8(13)7-11(10)15-9-3-5-14-6-4-9/h1-7H. The summed E-state index contributed by atoms with van der Waals surface area (Å²) < 4.78 is 19.1. The molecule has 0 aliphatic heterocycles. The molecule has 0 atom stereocenters. The van der Waals surface area contributed by atoms with Crippen LogP contribution in [0.2, 0.25) is 0 Å². The topological polar surface area (TPSA) is 22.1 Å². The van der Waals surface area contributed by atoms with Gasteiger partial charge in [-0.3, -0.25) is 4.98 Å². The minimum atomic E-state index is -0.331. The third kappa shape index (κ3) is 2.53. The third-order valence-electron chi connectivity index (χ3n) is 1.77. The SMILES string of the molecule is Fc1ccc(Br)c(Oc2ccncc2)c1. The number of benzene rings is 1. The summed E-state index contributed by atoms with van der Waals surface area (Å²) in [5.41, 5.74) is 0. The second-order valence-electron chi connectivity index (χ2n) is 2.86. The first-order chi connectivity index (χ1) is 7.25. The van der Waals surface area contributed by atoms with Crippen molar-refractivity contribution in [3.63, 3.8) is 0 Å². The van der Waals surface area contributed by atoms with E-state index in [2.05, 4.69) is 20.9 Å². The Morgan fingerprint density at radius 2 is 1.87 bits per heavy atom. The molecule has 2 nitrogen and oxygen atoms in total. The Balaban J connectivity index is 2.28. The number of aromatic nitrogens is 1. The van der Waals surface area contributed by atoms with Crippen molar-refractivity contribution in [3.8, 4) is 11.5 Å². The highest BCUT2D eigenvalue weighted by Crippen LogP contribution is 2.29. The molecule has 1 aromatic carbocycles. The normalized spacial score (nSPS) is 10.0. The monoisotopic (exact) mass is 267 g/mol. The average molecular weight is 268 g/mol. The molecule has 0 saturated heterocycles. The predicted octanol–water partition coefficient (Wildman–Crippen LogP) is 3.78. The fourth-order valence-electron chi connectivity index (χ4n) is 1.09. The Labute approximate surface area is 94.9 Å². The van der Waals surface area contributed by atoms with E-state index in [0.717, 1.165) is 0 Å². The average Bonchev–Trinajstić information content (AvgIpc) is 2.25. The summed E-state index contributed by atoms with van der Waals surface area (Å²) in [5, 5.41) is 0. The minimum absolute atomic E-state index is 0.331. The van der Waals surface area contributed by atoms with Crippen LogP contribution in [-0.2, 0) is 0 Å². The zero-order valence-corrected chi connectivity index (χ0v) is 9.24. The lowest BCUT2D eigenvalue weighted by Gasteiger charge is -2.06. The van der Waals surface area contributed by atoms with Gasteiger partial charge in [0, 0.05) is 18.5 Å². The Morgan fingerprint density at radius 1 is 1.13 bits per heavy atom.